The van der Waals surface area contributed by atoms with Gasteiger partial charge in [-0.25, -0.2) is 14.4 Å². The van der Waals surface area contributed by atoms with Crippen molar-refractivity contribution in [1.29, 1.82) is 0 Å². The number of methoxy groups -OCH3 is 1. The molecule has 3 N–H and O–H groups in total. The van der Waals surface area contributed by atoms with Crippen molar-refractivity contribution in [1.82, 2.24) is 25.5 Å². The van der Waals surface area contributed by atoms with Crippen LogP contribution in [0.3, 0.4) is 0 Å². The van der Waals surface area contributed by atoms with Gasteiger partial charge in [-0.3, -0.25) is 14.4 Å². The molecule has 10 nitrogen and oxygen atoms in total. The Morgan fingerprint density at radius 2 is 1.91 bits per heavy atom. The van der Waals surface area contributed by atoms with Gasteiger partial charge in [0.2, 0.25) is 11.8 Å². The molecule has 1 saturated heterocycles. The Morgan fingerprint density at radius 1 is 1.18 bits per heavy atom. The van der Waals surface area contributed by atoms with Crippen molar-refractivity contribution in [2.45, 2.75) is 65.1 Å². The number of ketones is 1. The predicted molar refractivity (Wildman–Crippen MR) is 174 cm³/mol. The number of nitrogens with zero attached hydrogens (tertiary/aromatic N) is 3. The molecule has 3 atom stereocenters. The van der Waals surface area contributed by atoms with Crippen LogP contribution in [-0.4, -0.2) is 71.3 Å². The van der Waals surface area contributed by atoms with Gasteiger partial charge >= 0.3 is 0 Å². The number of carbonyl (C=O) groups excluding carboxylic acids is 3. The summed E-state index contributed by atoms with van der Waals surface area (Å²) in [6, 6.07) is 5.95. The summed E-state index contributed by atoms with van der Waals surface area (Å²) >= 11 is 3.37. The average Bonchev–Trinajstić information content (AvgIpc) is 3.46. The number of halogens is 3. The highest BCUT2D eigenvalue weighted by molar-refractivity contribution is 9.10. The van der Waals surface area contributed by atoms with E-state index in [0.29, 0.717) is 57.6 Å². The Morgan fingerprint density at radius 3 is 2.55 bits per heavy atom. The van der Waals surface area contributed by atoms with Crippen LogP contribution in [0.1, 0.15) is 46.1 Å². The number of hydrogen-bond acceptors (Lipinski definition) is 8. The number of likely N-dealkylation sites (N-methyl/N-ethyl adjacent to an activating group) is 1. The van der Waals surface area contributed by atoms with Crippen molar-refractivity contribution in [2.75, 3.05) is 26.0 Å². The van der Waals surface area contributed by atoms with Crippen LogP contribution in [0.2, 0.25) is 0 Å². The molecule has 238 valence electrons. The van der Waals surface area contributed by atoms with E-state index in [4.69, 9.17) is 4.74 Å². The number of anilines is 2. The van der Waals surface area contributed by atoms with Crippen LogP contribution >= 0.6 is 28.3 Å². The standard InChI is InChI=1S/C31H38BrFN6O4.ClH/c1-17(34-5)29(41)38-27(31(2,3)4)30(42)39-11-7-8-24(39)25(40)13-18-12-20-23(15-26(18)43-6)35-16-36-28(20)37-22-10-9-19(33)14-21(22)32;/h9-10,12,14-17,24,27,34H,7-8,11,13H2,1-6H3,(H,38,41)(H,35,36,37);1H/t17-,24-,27+;/m0./s1. The quantitative estimate of drug-likeness (QED) is 0.273. The van der Waals surface area contributed by atoms with Crippen LogP contribution in [0, 0.1) is 11.2 Å². The molecule has 1 aliphatic rings. The maximum Gasteiger partial charge on any atom is 0.246 e. The van der Waals surface area contributed by atoms with Crippen LogP contribution in [0.25, 0.3) is 10.9 Å². The second-order valence-electron chi connectivity index (χ2n) is 11.8. The zero-order chi connectivity index (χ0) is 31.5. The Hall–Kier alpha value is -3.35. The first-order valence-electron chi connectivity index (χ1n) is 14.2. The number of fused-ring (bicyclic) bond motifs is 1. The lowest BCUT2D eigenvalue weighted by molar-refractivity contribution is -0.143. The minimum atomic E-state index is -0.795. The molecule has 0 bridgehead atoms. The SMILES string of the molecule is CN[C@@H](C)C(=O)N[C@H](C(=O)N1CCC[C@H]1C(=O)Cc1cc2c(Nc3ccc(F)cc3Br)ncnc2cc1OC)C(C)(C)C.Cl. The summed E-state index contributed by atoms with van der Waals surface area (Å²) in [4.78, 5) is 50.7. The molecule has 3 aromatic rings. The fourth-order valence-electron chi connectivity index (χ4n) is 5.16. The molecule has 44 heavy (non-hydrogen) atoms. The lowest BCUT2D eigenvalue weighted by Crippen LogP contribution is -2.58. The molecule has 1 aromatic heterocycles. The van der Waals surface area contributed by atoms with Gasteiger partial charge in [-0.1, -0.05) is 20.8 Å². The van der Waals surface area contributed by atoms with Gasteiger partial charge in [0.15, 0.2) is 5.78 Å². The number of Topliss-reactive ketones (excluding diaryl/α,β-unsaturated/α-hetero) is 1. The molecule has 0 radical (unpaired) electrons. The maximum absolute atomic E-state index is 13.8. The normalized spacial score (nSPS) is 16.2. The number of carbonyl (C=O) groups is 3. The molecule has 2 amide bonds. The first-order valence-corrected chi connectivity index (χ1v) is 15.0. The topological polar surface area (TPSA) is 126 Å². The maximum atomic E-state index is 13.8. The number of rotatable bonds is 10. The molecular weight excluding hydrogens is 655 g/mol. The Bertz CT molecular complexity index is 1540. The third-order valence-corrected chi connectivity index (χ3v) is 8.38. The van der Waals surface area contributed by atoms with Crippen LogP contribution in [0.4, 0.5) is 15.9 Å². The van der Waals surface area contributed by atoms with Crippen molar-refractivity contribution < 1.29 is 23.5 Å². The van der Waals surface area contributed by atoms with E-state index in [1.54, 1.807) is 31.0 Å². The number of ether oxygens (including phenoxy) is 1. The number of hydrogen-bond donors (Lipinski definition) is 3. The van der Waals surface area contributed by atoms with E-state index in [0.717, 1.165) is 0 Å². The number of likely N-dealkylation sites (tertiary alicyclic amines) is 1. The highest BCUT2D eigenvalue weighted by atomic mass is 79.9. The van der Waals surface area contributed by atoms with Gasteiger partial charge in [-0.15, -0.1) is 12.4 Å². The highest BCUT2D eigenvalue weighted by Gasteiger charge is 2.42. The first-order chi connectivity index (χ1) is 20.3. The molecular formula is C31H39BrClFN6O4. The Labute approximate surface area is 271 Å². The average molecular weight is 694 g/mol. The number of benzene rings is 2. The Kier molecular flexibility index (Phi) is 11.7. The fourth-order valence-corrected chi connectivity index (χ4v) is 5.61. The summed E-state index contributed by atoms with van der Waals surface area (Å²) in [6.45, 7) is 7.84. The lowest BCUT2D eigenvalue weighted by Gasteiger charge is -2.36. The Balaban J connectivity index is 0.00000529. The van der Waals surface area contributed by atoms with Crippen molar-refractivity contribution in [3.63, 3.8) is 0 Å². The van der Waals surface area contributed by atoms with Gasteiger partial charge in [-0.05, 0) is 72.4 Å². The van der Waals surface area contributed by atoms with E-state index in [1.165, 1.54) is 25.6 Å². The molecule has 0 spiro atoms. The molecule has 0 unspecified atom stereocenters. The van der Waals surface area contributed by atoms with Crippen LogP contribution in [0.15, 0.2) is 41.1 Å². The van der Waals surface area contributed by atoms with E-state index in [2.05, 4.69) is 41.8 Å². The number of nitrogens with one attached hydrogen (secondary N) is 3. The summed E-state index contributed by atoms with van der Waals surface area (Å²) in [5, 5.41) is 9.65. The van der Waals surface area contributed by atoms with Crippen molar-refractivity contribution >= 4 is 68.3 Å². The van der Waals surface area contributed by atoms with Gasteiger partial charge in [-0.2, -0.15) is 0 Å². The van der Waals surface area contributed by atoms with Crippen molar-refractivity contribution in [3.8, 4) is 5.75 Å². The van der Waals surface area contributed by atoms with E-state index in [-0.39, 0.29) is 42.2 Å². The molecule has 0 aliphatic carbocycles. The number of amides is 2. The van der Waals surface area contributed by atoms with Crippen LogP contribution in [0.5, 0.6) is 5.75 Å². The summed E-state index contributed by atoms with van der Waals surface area (Å²) in [5.41, 5.74) is 1.26. The van der Waals surface area contributed by atoms with E-state index in [1.807, 2.05) is 26.8 Å². The first kappa shape index (κ1) is 35.1. The summed E-state index contributed by atoms with van der Waals surface area (Å²) < 4.78 is 19.8. The zero-order valence-electron chi connectivity index (χ0n) is 25.7. The summed E-state index contributed by atoms with van der Waals surface area (Å²) in [7, 11) is 3.21. The molecule has 2 aromatic carbocycles. The molecule has 0 saturated carbocycles. The molecule has 1 fully saturated rings. The molecule has 13 heteroatoms. The minimum absolute atomic E-state index is 0. The number of aromatic nitrogens is 2. The second-order valence-corrected chi connectivity index (χ2v) is 12.7. The van der Waals surface area contributed by atoms with Crippen molar-refractivity contribution in [2.24, 2.45) is 5.41 Å². The minimum Gasteiger partial charge on any atom is -0.496 e. The zero-order valence-corrected chi connectivity index (χ0v) is 28.1. The fraction of sp³-hybridized carbons (Fsp3) is 0.452. The summed E-state index contributed by atoms with van der Waals surface area (Å²) in [6.07, 6.45) is 2.65. The molecule has 1 aliphatic heterocycles. The third-order valence-electron chi connectivity index (χ3n) is 7.72. The van der Waals surface area contributed by atoms with Crippen LogP contribution in [-0.2, 0) is 20.8 Å². The summed E-state index contributed by atoms with van der Waals surface area (Å²) in [5.74, 6) is -0.0817. The van der Waals surface area contributed by atoms with Gasteiger partial charge < -0.3 is 25.6 Å². The van der Waals surface area contributed by atoms with E-state index in [9.17, 15) is 18.8 Å². The smallest absolute Gasteiger partial charge is 0.246 e. The van der Waals surface area contributed by atoms with Gasteiger partial charge in [0.1, 0.15) is 29.8 Å². The van der Waals surface area contributed by atoms with Crippen LogP contribution < -0.4 is 20.7 Å². The van der Waals surface area contributed by atoms with E-state index >= 15 is 0 Å². The molecule has 4 rings (SSSR count). The third kappa shape index (κ3) is 7.83. The van der Waals surface area contributed by atoms with Gasteiger partial charge in [0, 0.05) is 34.5 Å². The molecule has 2 heterocycles. The van der Waals surface area contributed by atoms with Gasteiger partial charge in [0.25, 0.3) is 0 Å². The highest BCUT2D eigenvalue weighted by Crippen LogP contribution is 2.33. The van der Waals surface area contributed by atoms with E-state index < -0.39 is 23.5 Å². The largest absolute Gasteiger partial charge is 0.496 e. The second kappa shape index (κ2) is 14.6. The van der Waals surface area contributed by atoms with Crippen molar-refractivity contribution in [3.05, 3.63) is 52.5 Å². The lowest BCUT2D eigenvalue weighted by atomic mass is 9.85. The van der Waals surface area contributed by atoms with Gasteiger partial charge in [0.05, 0.1) is 30.4 Å². The predicted octanol–water partition coefficient (Wildman–Crippen LogP) is 4.95. The monoisotopic (exact) mass is 692 g/mol.